The van der Waals surface area contributed by atoms with E-state index < -0.39 is 12.1 Å². The molecule has 0 N–H and O–H groups in total. The second-order valence-corrected chi connectivity index (χ2v) is 4.71. The fraction of sp³-hybridized carbons (Fsp3) is 0.400. The van der Waals surface area contributed by atoms with Gasteiger partial charge in [0.15, 0.2) is 17.3 Å². The van der Waals surface area contributed by atoms with Gasteiger partial charge >= 0.3 is 12.1 Å². The number of hydrogen-bond acceptors (Lipinski definition) is 5. The summed E-state index contributed by atoms with van der Waals surface area (Å²) in [6, 6.07) is 6.45. The van der Waals surface area contributed by atoms with Gasteiger partial charge in [-0.25, -0.2) is 4.79 Å². The third kappa shape index (κ3) is 4.05. The molecule has 1 aromatic rings. The lowest BCUT2D eigenvalue weighted by molar-refractivity contribution is -0.134. The summed E-state index contributed by atoms with van der Waals surface area (Å²) in [5.74, 6) is -0.0288. The number of benzene rings is 1. The largest absolute Gasteiger partial charge is 0.423 e. The van der Waals surface area contributed by atoms with Crippen LogP contribution in [0.5, 0.6) is 11.5 Å². The minimum atomic E-state index is -0.608. The average molecular weight is 291 g/mol. The molecule has 1 heterocycles. The highest BCUT2D eigenvalue weighted by atomic mass is 16.6. The van der Waals surface area contributed by atoms with E-state index in [-0.39, 0.29) is 30.2 Å². The zero-order chi connectivity index (χ0) is 15.2. The summed E-state index contributed by atoms with van der Waals surface area (Å²) in [5.41, 5.74) is 0. The fourth-order valence-electron chi connectivity index (χ4n) is 1.97. The quantitative estimate of drug-likeness (QED) is 0.630. The smallest absolute Gasteiger partial charge is 0.415 e. The van der Waals surface area contributed by atoms with Gasteiger partial charge in [-0.2, -0.15) is 0 Å². The number of carbonyl (C=O) groups excluding carboxylic acids is 3. The lowest BCUT2D eigenvalue weighted by Crippen LogP contribution is -2.41. The van der Waals surface area contributed by atoms with Gasteiger partial charge in [0.25, 0.3) is 0 Å². The van der Waals surface area contributed by atoms with Crippen molar-refractivity contribution >= 4 is 17.8 Å². The number of piperidine rings is 1. The molecule has 6 nitrogen and oxygen atoms in total. The number of ketones is 1. The molecule has 6 heteroatoms. The number of likely N-dealkylation sites (tertiary alicyclic amines) is 1. The van der Waals surface area contributed by atoms with Gasteiger partial charge in [-0.15, -0.1) is 0 Å². The molecule has 1 fully saturated rings. The van der Waals surface area contributed by atoms with Crippen LogP contribution in [0.4, 0.5) is 4.79 Å². The van der Waals surface area contributed by atoms with Crippen LogP contribution in [0.1, 0.15) is 26.2 Å². The van der Waals surface area contributed by atoms with Crippen LogP contribution in [0, 0.1) is 0 Å². The number of rotatable bonds is 3. The molecule has 0 radical (unpaired) electrons. The number of para-hydroxylation sites is 2. The predicted molar refractivity (Wildman–Crippen MR) is 74.2 cm³/mol. The van der Waals surface area contributed by atoms with E-state index in [0.717, 1.165) is 0 Å². The maximum absolute atomic E-state index is 12.0. The monoisotopic (exact) mass is 291 g/mol. The van der Waals surface area contributed by atoms with Crippen molar-refractivity contribution in [2.75, 3.05) is 13.1 Å². The molecule has 0 bridgehead atoms. The first-order valence-corrected chi connectivity index (χ1v) is 6.88. The number of Topliss-reactive ketones (excluding diaryl/α,β-unsaturated/α-hetero) is 1. The highest BCUT2D eigenvalue weighted by molar-refractivity contribution is 5.85. The van der Waals surface area contributed by atoms with Gasteiger partial charge in [0.2, 0.25) is 0 Å². The lowest BCUT2D eigenvalue weighted by atomic mass is 10.1. The topological polar surface area (TPSA) is 72.9 Å². The summed E-state index contributed by atoms with van der Waals surface area (Å²) in [4.78, 5) is 36.1. The summed E-state index contributed by atoms with van der Waals surface area (Å²) in [6.45, 7) is 2.23. The van der Waals surface area contributed by atoms with Crippen LogP contribution in [0.3, 0.4) is 0 Å². The van der Waals surface area contributed by atoms with Crippen molar-refractivity contribution < 1.29 is 23.9 Å². The van der Waals surface area contributed by atoms with Gasteiger partial charge in [0.1, 0.15) is 0 Å². The van der Waals surface area contributed by atoms with Gasteiger partial charge in [0, 0.05) is 19.4 Å². The van der Waals surface area contributed by atoms with Crippen molar-refractivity contribution in [3.63, 3.8) is 0 Å². The first kappa shape index (κ1) is 15.0. The van der Waals surface area contributed by atoms with Crippen LogP contribution in [0.25, 0.3) is 0 Å². The summed E-state index contributed by atoms with van der Waals surface area (Å²) in [7, 11) is 0. The molecule has 112 valence electrons. The van der Waals surface area contributed by atoms with Crippen molar-refractivity contribution in [3.8, 4) is 11.5 Å². The highest BCUT2D eigenvalue weighted by Crippen LogP contribution is 2.27. The van der Waals surface area contributed by atoms with Crippen LogP contribution < -0.4 is 9.47 Å². The van der Waals surface area contributed by atoms with E-state index in [4.69, 9.17) is 9.47 Å². The van der Waals surface area contributed by atoms with Gasteiger partial charge in [-0.1, -0.05) is 19.1 Å². The normalized spacial score (nSPS) is 14.7. The van der Waals surface area contributed by atoms with Gasteiger partial charge in [-0.3, -0.25) is 9.59 Å². The summed E-state index contributed by atoms with van der Waals surface area (Å²) < 4.78 is 10.3. The fourth-order valence-corrected chi connectivity index (χ4v) is 1.97. The Balaban J connectivity index is 2.06. The molecule has 0 saturated carbocycles. The molecule has 1 aliphatic heterocycles. The van der Waals surface area contributed by atoms with E-state index >= 15 is 0 Å². The minimum Gasteiger partial charge on any atom is -0.423 e. The molecule has 0 aliphatic carbocycles. The number of hydrogen-bond donors (Lipinski definition) is 0. The summed E-state index contributed by atoms with van der Waals surface area (Å²) in [6.07, 6.45) is 0.751. The number of carbonyl (C=O) groups is 3. The standard InChI is InChI=1S/C15H17NO5/c1-2-14(18)20-12-7-3-4-8-13(12)21-15(19)16-9-5-6-11(17)10-16/h3-4,7-8H,2,5-6,9-10H2,1H3. The Morgan fingerprint density at radius 1 is 1.19 bits per heavy atom. The van der Waals surface area contributed by atoms with Crippen LogP contribution >= 0.6 is 0 Å². The van der Waals surface area contributed by atoms with Crippen LogP contribution in [-0.4, -0.2) is 35.8 Å². The number of nitrogens with zero attached hydrogens (tertiary/aromatic N) is 1. The van der Waals surface area contributed by atoms with Gasteiger partial charge < -0.3 is 14.4 Å². The average Bonchev–Trinajstić information content (AvgIpc) is 2.49. The second-order valence-electron chi connectivity index (χ2n) is 4.71. The lowest BCUT2D eigenvalue weighted by Gasteiger charge is -2.25. The number of ether oxygens (including phenoxy) is 2. The highest BCUT2D eigenvalue weighted by Gasteiger charge is 2.24. The van der Waals surface area contributed by atoms with Crippen molar-refractivity contribution in [2.45, 2.75) is 26.2 Å². The van der Waals surface area contributed by atoms with Gasteiger partial charge in [0.05, 0.1) is 6.54 Å². The Labute approximate surface area is 122 Å². The summed E-state index contributed by atoms with van der Waals surface area (Å²) >= 11 is 0. The Morgan fingerprint density at radius 2 is 1.86 bits per heavy atom. The molecule has 1 aromatic carbocycles. The zero-order valence-corrected chi connectivity index (χ0v) is 11.8. The third-order valence-electron chi connectivity index (χ3n) is 3.07. The predicted octanol–water partition coefficient (Wildman–Crippen LogP) is 2.17. The first-order valence-electron chi connectivity index (χ1n) is 6.88. The van der Waals surface area contributed by atoms with Crippen molar-refractivity contribution in [1.82, 2.24) is 4.90 Å². The molecule has 21 heavy (non-hydrogen) atoms. The van der Waals surface area contributed by atoms with Gasteiger partial charge in [-0.05, 0) is 18.6 Å². The van der Waals surface area contributed by atoms with E-state index in [2.05, 4.69) is 0 Å². The number of amides is 1. The maximum Gasteiger partial charge on any atom is 0.415 e. The van der Waals surface area contributed by atoms with E-state index in [9.17, 15) is 14.4 Å². The minimum absolute atomic E-state index is 0.0175. The molecule has 0 atom stereocenters. The van der Waals surface area contributed by atoms with Crippen molar-refractivity contribution in [3.05, 3.63) is 24.3 Å². The SMILES string of the molecule is CCC(=O)Oc1ccccc1OC(=O)N1CCCC(=O)C1. The summed E-state index contributed by atoms with van der Waals surface area (Å²) in [5, 5.41) is 0. The van der Waals surface area contributed by atoms with Crippen LogP contribution in [0.2, 0.25) is 0 Å². The van der Waals surface area contributed by atoms with Crippen molar-refractivity contribution in [2.24, 2.45) is 0 Å². The van der Waals surface area contributed by atoms with Crippen LogP contribution in [-0.2, 0) is 9.59 Å². The first-order chi connectivity index (χ1) is 10.1. The van der Waals surface area contributed by atoms with E-state index in [1.807, 2.05) is 0 Å². The van der Waals surface area contributed by atoms with E-state index in [1.54, 1.807) is 31.2 Å². The Kier molecular flexibility index (Phi) is 4.92. The van der Waals surface area contributed by atoms with E-state index in [1.165, 1.54) is 4.90 Å². The molecule has 2 rings (SSSR count). The Bertz CT molecular complexity index is 555. The molecule has 0 spiro atoms. The Morgan fingerprint density at radius 3 is 2.48 bits per heavy atom. The number of esters is 1. The van der Waals surface area contributed by atoms with Crippen molar-refractivity contribution in [1.29, 1.82) is 0 Å². The molecular formula is C15H17NO5. The molecule has 0 unspecified atom stereocenters. The molecular weight excluding hydrogens is 274 g/mol. The van der Waals surface area contributed by atoms with E-state index in [0.29, 0.717) is 19.4 Å². The molecule has 0 aromatic heterocycles. The third-order valence-corrected chi connectivity index (χ3v) is 3.07. The second kappa shape index (κ2) is 6.88. The Hall–Kier alpha value is -2.37. The zero-order valence-electron chi connectivity index (χ0n) is 11.8. The maximum atomic E-state index is 12.0. The molecule has 1 amide bonds. The molecule has 1 aliphatic rings. The van der Waals surface area contributed by atoms with Crippen LogP contribution in [0.15, 0.2) is 24.3 Å². The molecule has 1 saturated heterocycles.